The lowest BCUT2D eigenvalue weighted by Gasteiger charge is -2.23. The maximum absolute atomic E-state index is 6.31. The number of hydrogen-bond acceptors (Lipinski definition) is 4. The van der Waals surface area contributed by atoms with E-state index in [0.29, 0.717) is 5.02 Å². The third-order valence-corrected chi connectivity index (χ3v) is 6.55. The first-order valence-electron chi connectivity index (χ1n) is 8.51. The Morgan fingerprint density at radius 3 is 2.65 bits per heavy atom. The van der Waals surface area contributed by atoms with Gasteiger partial charge in [-0.05, 0) is 76.2 Å². The monoisotopic (exact) mass is 449 g/mol. The van der Waals surface area contributed by atoms with Crippen molar-refractivity contribution in [3.8, 4) is 27.4 Å². The van der Waals surface area contributed by atoms with Crippen molar-refractivity contribution in [3.63, 3.8) is 0 Å². The van der Waals surface area contributed by atoms with E-state index in [9.17, 15) is 0 Å². The molecule has 3 nitrogen and oxygen atoms in total. The molecule has 0 aliphatic carbocycles. The molecular weight excluding hydrogens is 434 g/mol. The Labute approximate surface area is 170 Å². The maximum Gasteiger partial charge on any atom is 0.199 e. The van der Waals surface area contributed by atoms with E-state index in [0.717, 1.165) is 57.8 Å². The van der Waals surface area contributed by atoms with Crippen molar-refractivity contribution >= 4 is 39.1 Å². The van der Waals surface area contributed by atoms with Crippen LogP contribution in [-0.4, -0.2) is 17.3 Å². The minimum Gasteiger partial charge on any atom is -0.465 e. The predicted octanol–water partition coefficient (Wildman–Crippen LogP) is 6.80. The zero-order valence-corrected chi connectivity index (χ0v) is 17.1. The summed E-state index contributed by atoms with van der Waals surface area (Å²) in [6.45, 7) is 0.779. The molecule has 2 heterocycles. The topological polar surface area (TPSA) is 31.4 Å². The highest BCUT2D eigenvalue weighted by Gasteiger charge is 2.18. The molecule has 134 valence electrons. The van der Waals surface area contributed by atoms with E-state index in [1.54, 1.807) is 0 Å². The molecule has 1 atom stereocenters. The molecule has 1 saturated heterocycles. The van der Waals surface area contributed by atoms with Crippen molar-refractivity contribution in [1.82, 2.24) is 4.37 Å². The van der Waals surface area contributed by atoms with Crippen LogP contribution in [0.4, 0.5) is 0 Å². The third kappa shape index (κ3) is 3.81. The molecule has 1 aromatic heterocycles. The van der Waals surface area contributed by atoms with Crippen molar-refractivity contribution in [2.24, 2.45) is 0 Å². The molecule has 26 heavy (non-hydrogen) atoms. The molecular formula is C20H17BrClNO2S. The van der Waals surface area contributed by atoms with Crippen LogP contribution in [0.5, 0.6) is 5.75 Å². The number of halogens is 2. The molecule has 0 amide bonds. The summed E-state index contributed by atoms with van der Waals surface area (Å²) in [4.78, 5) is 1.07. The zero-order chi connectivity index (χ0) is 17.9. The number of benzene rings is 2. The van der Waals surface area contributed by atoms with Crippen LogP contribution in [0.3, 0.4) is 0 Å². The minimum absolute atomic E-state index is 0.128. The summed E-state index contributed by atoms with van der Waals surface area (Å²) >= 11 is 11.5. The molecule has 0 N–H and O–H groups in total. The average Bonchev–Trinajstić information content (AvgIpc) is 3.05. The molecule has 4 rings (SSSR count). The predicted molar refractivity (Wildman–Crippen MR) is 110 cm³/mol. The van der Waals surface area contributed by atoms with Crippen LogP contribution < -0.4 is 4.74 Å². The summed E-state index contributed by atoms with van der Waals surface area (Å²) < 4.78 is 17.1. The van der Waals surface area contributed by atoms with Gasteiger partial charge in [0.25, 0.3) is 0 Å². The summed E-state index contributed by atoms with van der Waals surface area (Å²) in [6.07, 6.45) is 3.09. The molecule has 0 spiro atoms. The van der Waals surface area contributed by atoms with E-state index in [4.69, 9.17) is 21.1 Å². The van der Waals surface area contributed by atoms with E-state index >= 15 is 0 Å². The van der Waals surface area contributed by atoms with E-state index < -0.39 is 0 Å². The van der Waals surface area contributed by atoms with Gasteiger partial charge in [0.2, 0.25) is 0 Å². The molecule has 1 unspecified atom stereocenters. The first kappa shape index (κ1) is 18.0. The van der Waals surface area contributed by atoms with Crippen LogP contribution in [-0.2, 0) is 4.74 Å². The van der Waals surface area contributed by atoms with E-state index in [1.165, 1.54) is 11.5 Å². The fourth-order valence-electron chi connectivity index (χ4n) is 2.92. The summed E-state index contributed by atoms with van der Waals surface area (Å²) in [5, 5.41) is 0.696. The Balaban J connectivity index is 1.55. The molecule has 1 aliphatic rings. The van der Waals surface area contributed by atoms with Gasteiger partial charge in [0.05, 0.1) is 21.0 Å². The Kier molecular flexibility index (Phi) is 5.60. The number of hydrogen-bond donors (Lipinski definition) is 0. The Morgan fingerprint density at radius 1 is 1.12 bits per heavy atom. The number of ether oxygens (including phenoxy) is 2. The van der Waals surface area contributed by atoms with E-state index in [-0.39, 0.29) is 6.29 Å². The zero-order valence-electron chi connectivity index (χ0n) is 14.0. The largest absolute Gasteiger partial charge is 0.465 e. The maximum atomic E-state index is 6.31. The minimum atomic E-state index is -0.128. The standard InChI is InChI=1S/C20H17BrClNO2S/c21-18-19(15-5-1-2-6-16(15)22)23-26-20(18)13-8-10-14(11-9-13)25-17-7-3-4-12-24-17/h1-2,5-6,8-11,17H,3-4,7,12H2. The van der Waals surface area contributed by atoms with Crippen molar-refractivity contribution in [2.75, 3.05) is 6.61 Å². The summed E-state index contributed by atoms with van der Waals surface area (Å²) in [7, 11) is 0. The summed E-state index contributed by atoms with van der Waals surface area (Å²) in [6, 6.07) is 15.8. The van der Waals surface area contributed by atoms with Crippen molar-refractivity contribution < 1.29 is 9.47 Å². The van der Waals surface area contributed by atoms with Crippen LogP contribution in [0.1, 0.15) is 19.3 Å². The van der Waals surface area contributed by atoms with Gasteiger partial charge in [-0.25, -0.2) is 0 Å². The van der Waals surface area contributed by atoms with Gasteiger partial charge in [0.15, 0.2) is 6.29 Å². The normalized spacial score (nSPS) is 17.2. The van der Waals surface area contributed by atoms with E-state index in [1.807, 2.05) is 48.5 Å². The second kappa shape index (κ2) is 8.09. The molecule has 6 heteroatoms. The Morgan fingerprint density at radius 2 is 1.92 bits per heavy atom. The number of rotatable bonds is 4. The highest BCUT2D eigenvalue weighted by molar-refractivity contribution is 9.10. The second-order valence-corrected chi connectivity index (χ2v) is 8.07. The highest BCUT2D eigenvalue weighted by Crippen LogP contribution is 2.41. The Bertz CT molecular complexity index is 891. The lowest BCUT2D eigenvalue weighted by molar-refractivity contribution is -0.105. The quantitative estimate of drug-likeness (QED) is 0.438. The van der Waals surface area contributed by atoms with Gasteiger partial charge >= 0.3 is 0 Å². The van der Waals surface area contributed by atoms with Crippen LogP contribution >= 0.6 is 39.1 Å². The van der Waals surface area contributed by atoms with Crippen molar-refractivity contribution in [3.05, 3.63) is 58.0 Å². The van der Waals surface area contributed by atoms with Crippen molar-refractivity contribution in [1.29, 1.82) is 0 Å². The smallest absolute Gasteiger partial charge is 0.199 e. The van der Waals surface area contributed by atoms with Gasteiger partial charge in [-0.1, -0.05) is 29.8 Å². The van der Waals surface area contributed by atoms with Crippen LogP contribution in [0.2, 0.25) is 5.02 Å². The first-order chi connectivity index (χ1) is 12.7. The molecule has 0 radical (unpaired) electrons. The lowest BCUT2D eigenvalue weighted by Crippen LogP contribution is -2.24. The molecule has 2 aromatic carbocycles. The average molecular weight is 451 g/mol. The van der Waals surface area contributed by atoms with Gasteiger partial charge in [-0.2, -0.15) is 4.37 Å². The van der Waals surface area contributed by atoms with Gasteiger partial charge in [-0.15, -0.1) is 0 Å². The van der Waals surface area contributed by atoms with Crippen LogP contribution in [0.15, 0.2) is 53.0 Å². The summed E-state index contributed by atoms with van der Waals surface area (Å²) in [5.74, 6) is 0.826. The molecule has 1 fully saturated rings. The summed E-state index contributed by atoms with van der Waals surface area (Å²) in [5.41, 5.74) is 2.88. The first-order valence-corrected chi connectivity index (χ1v) is 10.5. The molecule has 0 saturated carbocycles. The van der Waals surface area contributed by atoms with Crippen molar-refractivity contribution in [2.45, 2.75) is 25.6 Å². The Hall–Kier alpha value is -1.40. The molecule has 3 aromatic rings. The number of aromatic nitrogens is 1. The van der Waals surface area contributed by atoms with Gasteiger partial charge in [0, 0.05) is 12.0 Å². The SMILES string of the molecule is Clc1ccccc1-c1nsc(-c2ccc(OC3CCCCO3)cc2)c1Br. The molecule has 0 bridgehead atoms. The highest BCUT2D eigenvalue weighted by atomic mass is 79.9. The number of nitrogens with zero attached hydrogens (tertiary/aromatic N) is 1. The van der Waals surface area contributed by atoms with Crippen LogP contribution in [0.25, 0.3) is 21.7 Å². The van der Waals surface area contributed by atoms with Gasteiger partial charge < -0.3 is 9.47 Å². The van der Waals surface area contributed by atoms with Gasteiger partial charge in [-0.3, -0.25) is 0 Å². The fourth-order valence-corrected chi connectivity index (χ4v) is 4.80. The second-order valence-electron chi connectivity index (χ2n) is 6.09. The third-order valence-electron chi connectivity index (χ3n) is 4.29. The van der Waals surface area contributed by atoms with E-state index in [2.05, 4.69) is 20.3 Å². The fraction of sp³-hybridized carbons (Fsp3) is 0.250. The van der Waals surface area contributed by atoms with Gasteiger partial charge in [0.1, 0.15) is 11.4 Å². The van der Waals surface area contributed by atoms with Crippen LogP contribution in [0, 0.1) is 0 Å². The molecule has 1 aliphatic heterocycles. The lowest BCUT2D eigenvalue weighted by atomic mass is 10.1.